The Morgan fingerprint density at radius 2 is 2.29 bits per heavy atom. The summed E-state index contributed by atoms with van der Waals surface area (Å²) in [6.45, 7) is 1.68. The standard InChI is InChI=1S/C14H19NO2/c15-13(9-11-4-2-7-16-11)12-5-1-3-10-6-8-17-14(10)12/h1,3,5,11,13H,2,4,6-9,15H2. The first-order valence-corrected chi connectivity index (χ1v) is 6.46. The van der Waals surface area contributed by atoms with Crippen molar-refractivity contribution in [3.63, 3.8) is 0 Å². The molecule has 0 aromatic heterocycles. The van der Waals surface area contributed by atoms with Crippen molar-refractivity contribution < 1.29 is 9.47 Å². The number of para-hydroxylation sites is 1. The van der Waals surface area contributed by atoms with Crippen molar-refractivity contribution in [2.75, 3.05) is 13.2 Å². The van der Waals surface area contributed by atoms with E-state index in [2.05, 4.69) is 18.2 Å². The van der Waals surface area contributed by atoms with Gasteiger partial charge in [-0.2, -0.15) is 0 Å². The number of benzene rings is 1. The Labute approximate surface area is 102 Å². The van der Waals surface area contributed by atoms with Gasteiger partial charge >= 0.3 is 0 Å². The van der Waals surface area contributed by atoms with Gasteiger partial charge in [0.15, 0.2) is 0 Å². The summed E-state index contributed by atoms with van der Waals surface area (Å²) in [6.07, 6.45) is 4.56. The van der Waals surface area contributed by atoms with E-state index in [1.807, 2.05) is 0 Å². The molecule has 2 N–H and O–H groups in total. The maximum absolute atomic E-state index is 6.29. The van der Waals surface area contributed by atoms with Crippen LogP contribution in [0.2, 0.25) is 0 Å². The summed E-state index contributed by atoms with van der Waals surface area (Å²) in [5.74, 6) is 1.03. The first kappa shape index (κ1) is 11.1. The van der Waals surface area contributed by atoms with Gasteiger partial charge in [-0.05, 0) is 24.8 Å². The zero-order chi connectivity index (χ0) is 11.7. The lowest BCUT2D eigenvalue weighted by Gasteiger charge is -2.18. The Hall–Kier alpha value is -1.06. The van der Waals surface area contributed by atoms with Gasteiger partial charge in [0.05, 0.1) is 12.7 Å². The fourth-order valence-corrected chi connectivity index (χ4v) is 2.77. The van der Waals surface area contributed by atoms with E-state index in [0.717, 1.165) is 43.8 Å². The van der Waals surface area contributed by atoms with Gasteiger partial charge in [0.2, 0.25) is 0 Å². The van der Waals surface area contributed by atoms with Crippen LogP contribution in [0.1, 0.15) is 36.4 Å². The van der Waals surface area contributed by atoms with Crippen LogP contribution in [0.15, 0.2) is 18.2 Å². The van der Waals surface area contributed by atoms with Crippen molar-refractivity contribution in [2.24, 2.45) is 5.73 Å². The third-order valence-electron chi connectivity index (χ3n) is 3.69. The molecule has 2 unspecified atom stereocenters. The van der Waals surface area contributed by atoms with Gasteiger partial charge in [0, 0.05) is 24.6 Å². The third-order valence-corrected chi connectivity index (χ3v) is 3.69. The van der Waals surface area contributed by atoms with Gasteiger partial charge in [-0.25, -0.2) is 0 Å². The Morgan fingerprint density at radius 3 is 3.12 bits per heavy atom. The Bertz CT molecular complexity index is 399. The average Bonchev–Trinajstić information content (AvgIpc) is 2.97. The number of fused-ring (bicyclic) bond motifs is 1. The van der Waals surface area contributed by atoms with Crippen LogP contribution in [0.5, 0.6) is 5.75 Å². The van der Waals surface area contributed by atoms with Crippen LogP contribution >= 0.6 is 0 Å². The zero-order valence-corrected chi connectivity index (χ0v) is 10.0. The van der Waals surface area contributed by atoms with Gasteiger partial charge in [-0.1, -0.05) is 18.2 Å². The lowest BCUT2D eigenvalue weighted by Crippen LogP contribution is -2.18. The van der Waals surface area contributed by atoms with Crippen molar-refractivity contribution in [1.29, 1.82) is 0 Å². The van der Waals surface area contributed by atoms with E-state index in [4.69, 9.17) is 15.2 Å². The second kappa shape index (κ2) is 4.67. The van der Waals surface area contributed by atoms with E-state index >= 15 is 0 Å². The predicted molar refractivity (Wildman–Crippen MR) is 66.2 cm³/mol. The molecule has 3 rings (SSSR count). The molecular weight excluding hydrogens is 214 g/mol. The van der Waals surface area contributed by atoms with Crippen LogP contribution in [-0.4, -0.2) is 19.3 Å². The summed E-state index contributed by atoms with van der Waals surface area (Å²) >= 11 is 0. The maximum Gasteiger partial charge on any atom is 0.127 e. The zero-order valence-electron chi connectivity index (χ0n) is 10.0. The Balaban J connectivity index is 1.76. The minimum atomic E-state index is 0.0335. The molecule has 2 aliphatic heterocycles. The molecule has 3 heteroatoms. The van der Waals surface area contributed by atoms with Crippen molar-refractivity contribution >= 4 is 0 Å². The molecule has 92 valence electrons. The Kier molecular flexibility index (Phi) is 3.04. The van der Waals surface area contributed by atoms with Crippen LogP contribution < -0.4 is 10.5 Å². The van der Waals surface area contributed by atoms with Gasteiger partial charge in [-0.3, -0.25) is 0 Å². The lowest BCUT2D eigenvalue weighted by molar-refractivity contribution is 0.0981. The molecule has 0 radical (unpaired) electrons. The quantitative estimate of drug-likeness (QED) is 0.870. The average molecular weight is 233 g/mol. The highest BCUT2D eigenvalue weighted by molar-refractivity contribution is 5.45. The van der Waals surface area contributed by atoms with E-state index in [0.29, 0.717) is 6.10 Å². The maximum atomic E-state index is 6.29. The second-order valence-electron chi connectivity index (χ2n) is 4.91. The molecule has 17 heavy (non-hydrogen) atoms. The molecule has 1 fully saturated rings. The molecular formula is C14H19NO2. The fourth-order valence-electron chi connectivity index (χ4n) is 2.77. The molecule has 2 heterocycles. The highest BCUT2D eigenvalue weighted by Crippen LogP contribution is 2.35. The van der Waals surface area contributed by atoms with E-state index < -0.39 is 0 Å². The molecule has 1 aromatic rings. The monoisotopic (exact) mass is 233 g/mol. The van der Waals surface area contributed by atoms with Crippen molar-refractivity contribution in [3.05, 3.63) is 29.3 Å². The first-order valence-electron chi connectivity index (χ1n) is 6.46. The molecule has 2 atom stereocenters. The van der Waals surface area contributed by atoms with E-state index in [1.165, 1.54) is 12.0 Å². The van der Waals surface area contributed by atoms with E-state index in [9.17, 15) is 0 Å². The molecule has 2 aliphatic rings. The molecule has 0 amide bonds. The lowest BCUT2D eigenvalue weighted by atomic mass is 9.97. The molecule has 0 bridgehead atoms. The number of ether oxygens (including phenoxy) is 2. The normalized spacial score (nSPS) is 24.4. The highest BCUT2D eigenvalue weighted by Gasteiger charge is 2.24. The van der Waals surface area contributed by atoms with E-state index in [1.54, 1.807) is 0 Å². The molecule has 0 spiro atoms. The number of nitrogens with two attached hydrogens (primary N) is 1. The van der Waals surface area contributed by atoms with Crippen molar-refractivity contribution in [1.82, 2.24) is 0 Å². The van der Waals surface area contributed by atoms with Crippen LogP contribution in [0, 0.1) is 0 Å². The van der Waals surface area contributed by atoms with Gasteiger partial charge in [0.1, 0.15) is 5.75 Å². The predicted octanol–water partition coefficient (Wildman–Crippen LogP) is 2.19. The molecule has 3 nitrogen and oxygen atoms in total. The summed E-state index contributed by atoms with van der Waals surface area (Å²) in [5, 5.41) is 0. The Morgan fingerprint density at radius 1 is 1.35 bits per heavy atom. The van der Waals surface area contributed by atoms with Gasteiger partial charge < -0.3 is 15.2 Å². The van der Waals surface area contributed by atoms with Gasteiger partial charge in [-0.15, -0.1) is 0 Å². The van der Waals surface area contributed by atoms with Crippen LogP contribution in [0.25, 0.3) is 0 Å². The molecule has 0 saturated carbocycles. The molecule has 1 aromatic carbocycles. The molecule has 1 saturated heterocycles. The minimum absolute atomic E-state index is 0.0335. The number of hydrogen-bond acceptors (Lipinski definition) is 3. The summed E-state index contributed by atoms with van der Waals surface area (Å²) < 4.78 is 11.3. The SMILES string of the molecule is NC(CC1CCCO1)c1cccc2c1OCC2. The second-order valence-corrected chi connectivity index (χ2v) is 4.91. The summed E-state index contributed by atoms with van der Waals surface area (Å²) in [7, 11) is 0. The summed E-state index contributed by atoms with van der Waals surface area (Å²) in [5.41, 5.74) is 8.73. The molecule has 0 aliphatic carbocycles. The first-order chi connectivity index (χ1) is 8.34. The smallest absolute Gasteiger partial charge is 0.127 e. The van der Waals surface area contributed by atoms with E-state index in [-0.39, 0.29) is 6.04 Å². The number of rotatable bonds is 3. The minimum Gasteiger partial charge on any atom is -0.493 e. The van der Waals surface area contributed by atoms with Crippen LogP contribution in [0.3, 0.4) is 0 Å². The van der Waals surface area contributed by atoms with Crippen molar-refractivity contribution in [3.8, 4) is 5.75 Å². The largest absolute Gasteiger partial charge is 0.493 e. The fraction of sp³-hybridized carbons (Fsp3) is 0.571. The highest BCUT2D eigenvalue weighted by atomic mass is 16.5. The summed E-state index contributed by atoms with van der Waals surface area (Å²) in [4.78, 5) is 0. The van der Waals surface area contributed by atoms with Gasteiger partial charge in [0.25, 0.3) is 0 Å². The third kappa shape index (κ3) is 2.17. The van der Waals surface area contributed by atoms with Crippen LogP contribution in [-0.2, 0) is 11.2 Å². The van der Waals surface area contributed by atoms with Crippen LogP contribution in [0.4, 0.5) is 0 Å². The van der Waals surface area contributed by atoms with Crippen molar-refractivity contribution in [2.45, 2.75) is 37.8 Å². The number of hydrogen-bond donors (Lipinski definition) is 1. The topological polar surface area (TPSA) is 44.5 Å². The summed E-state index contributed by atoms with van der Waals surface area (Å²) in [6, 6.07) is 6.33.